The fraction of sp³-hybridized carbons (Fsp3) is 0.0164. The molecule has 63 heavy (non-hydrogen) atoms. The predicted octanol–water partition coefficient (Wildman–Crippen LogP) is 16.0. The Morgan fingerprint density at radius 3 is 1.56 bits per heavy atom. The quantitative estimate of drug-likeness (QED) is 0.149. The highest BCUT2D eigenvalue weighted by Gasteiger charge is 2.48. The summed E-state index contributed by atoms with van der Waals surface area (Å²) in [6, 6.07) is 93.4. The summed E-state index contributed by atoms with van der Waals surface area (Å²) in [5.41, 5.74) is 18.5. The molecule has 1 aromatic heterocycles. The molecule has 0 fully saturated rings. The van der Waals surface area contributed by atoms with Crippen molar-refractivity contribution in [2.75, 3.05) is 4.90 Å². The lowest BCUT2D eigenvalue weighted by Gasteiger charge is -2.37. The van der Waals surface area contributed by atoms with E-state index in [0.29, 0.717) is 0 Å². The second-order valence-electron chi connectivity index (χ2n) is 16.4. The molecule has 0 amide bonds. The minimum absolute atomic E-state index is 0.606. The molecule has 1 aliphatic carbocycles. The zero-order valence-electron chi connectivity index (χ0n) is 34.6. The van der Waals surface area contributed by atoms with Gasteiger partial charge in [-0.15, -0.1) is 0 Å². The van der Waals surface area contributed by atoms with Crippen LogP contribution in [0.5, 0.6) is 0 Å². The second kappa shape index (κ2) is 15.1. The van der Waals surface area contributed by atoms with Gasteiger partial charge in [0.05, 0.1) is 22.1 Å². The van der Waals surface area contributed by atoms with Gasteiger partial charge in [0.2, 0.25) is 0 Å². The smallest absolute Gasteiger partial charge is 0.0720 e. The molecule has 0 aliphatic heterocycles. The van der Waals surface area contributed by atoms with Gasteiger partial charge in [-0.1, -0.05) is 200 Å². The Kier molecular flexibility index (Phi) is 8.76. The highest BCUT2D eigenvalue weighted by molar-refractivity contribution is 6.11. The lowest BCUT2D eigenvalue weighted by atomic mass is 9.66. The van der Waals surface area contributed by atoms with E-state index in [-0.39, 0.29) is 0 Å². The molecule has 296 valence electrons. The van der Waals surface area contributed by atoms with Gasteiger partial charge in [-0.2, -0.15) is 0 Å². The molecule has 0 spiro atoms. The van der Waals surface area contributed by atoms with Gasteiger partial charge in [-0.25, -0.2) is 0 Å². The molecule has 12 rings (SSSR count). The Morgan fingerprint density at radius 1 is 0.349 bits per heavy atom. The summed E-state index contributed by atoms with van der Waals surface area (Å²) >= 11 is 0. The number of para-hydroxylation sites is 2. The van der Waals surface area contributed by atoms with Crippen LogP contribution in [-0.2, 0) is 5.41 Å². The summed E-state index contributed by atoms with van der Waals surface area (Å²) in [5.74, 6) is 0. The number of fused-ring (bicyclic) bond motifs is 6. The lowest BCUT2D eigenvalue weighted by Crippen LogP contribution is -2.29. The lowest BCUT2D eigenvalue weighted by molar-refractivity contribution is 0.770. The standard InChI is InChI=1S/C61H42N2/c1-6-20-43(21-7-1)44-34-36-49(37-35-44)62(50-38-40-57-54(42-50)52-31-17-19-33-56(52)63(57)48-28-14-5-15-29-48)58-41-39-53-51-30-16-18-32-55(51)61(46-24-10-3-11-25-46,47-26-12-4-13-27-47)60(53)59(58)45-22-8-2-9-23-45/h1-42H. The molecule has 2 heteroatoms. The van der Waals surface area contributed by atoms with Crippen molar-refractivity contribution in [3.05, 3.63) is 277 Å². The first-order valence-electron chi connectivity index (χ1n) is 21.8. The molecule has 0 saturated heterocycles. The Hall–Kier alpha value is -8.20. The first kappa shape index (κ1) is 36.6. The largest absolute Gasteiger partial charge is 0.310 e. The Bertz CT molecular complexity index is 3370. The number of aromatic nitrogens is 1. The number of benzene rings is 10. The van der Waals surface area contributed by atoms with E-state index in [1.54, 1.807) is 0 Å². The van der Waals surface area contributed by atoms with Crippen molar-refractivity contribution in [2.45, 2.75) is 5.41 Å². The molecule has 11 aromatic rings. The third kappa shape index (κ3) is 5.80. The highest BCUT2D eigenvalue weighted by atomic mass is 15.1. The van der Waals surface area contributed by atoms with Gasteiger partial charge >= 0.3 is 0 Å². The van der Waals surface area contributed by atoms with E-state index >= 15 is 0 Å². The first-order valence-corrected chi connectivity index (χ1v) is 21.8. The zero-order chi connectivity index (χ0) is 41.7. The summed E-state index contributed by atoms with van der Waals surface area (Å²) in [7, 11) is 0. The molecule has 1 aliphatic rings. The van der Waals surface area contributed by atoms with E-state index in [4.69, 9.17) is 0 Å². The fourth-order valence-corrected chi connectivity index (χ4v) is 10.4. The van der Waals surface area contributed by atoms with Crippen LogP contribution in [-0.4, -0.2) is 4.57 Å². The van der Waals surface area contributed by atoms with Gasteiger partial charge in [-0.05, 0) is 105 Å². The van der Waals surface area contributed by atoms with E-state index in [9.17, 15) is 0 Å². The van der Waals surface area contributed by atoms with E-state index in [2.05, 4.69) is 264 Å². The molecule has 1 heterocycles. The molecule has 0 unspecified atom stereocenters. The van der Waals surface area contributed by atoms with Gasteiger partial charge < -0.3 is 9.47 Å². The zero-order valence-corrected chi connectivity index (χ0v) is 34.6. The predicted molar refractivity (Wildman–Crippen MR) is 264 cm³/mol. The average molecular weight is 803 g/mol. The summed E-state index contributed by atoms with van der Waals surface area (Å²) in [6.45, 7) is 0. The summed E-state index contributed by atoms with van der Waals surface area (Å²) in [5, 5.41) is 2.42. The van der Waals surface area contributed by atoms with Crippen molar-refractivity contribution in [1.29, 1.82) is 0 Å². The minimum atomic E-state index is -0.606. The van der Waals surface area contributed by atoms with Crippen molar-refractivity contribution in [1.82, 2.24) is 4.57 Å². The third-order valence-electron chi connectivity index (χ3n) is 13.1. The van der Waals surface area contributed by atoms with Gasteiger partial charge in [-0.3, -0.25) is 0 Å². The van der Waals surface area contributed by atoms with Gasteiger partial charge in [0.1, 0.15) is 0 Å². The number of nitrogens with zero attached hydrogens (tertiary/aromatic N) is 2. The topological polar surface area (TPSA) is 8.17 Å². The Balaban J connectivity index is 1.19. The molecule has 0 radical (unpaired) electrons. The van der Waals surface area contributed by atoms with Gasteiger partial charge in [0.15, 0.2) is 0 Å². The molecule has 0 saturated carbocycles. The Labute approximate surface area is 368 Å². The van der Waals surface area contributed by atoms with Crippen LogP contribution < -0.4 is 4.90 Å². The number of hydrogen-bond donors (Lipinski definition) is 0. The molecule has 0 bridgehead atoms. The molecular weight excluding hydrogens is 761 g/mol. The van der Waals surface area contributed by atoms with Crippen LogP contribution in [0, 0.1) is 0 Å². The average Bonchev–Trinajstić information content (AvgIpc) is 3.86. The molecule has 0 N–H and O–H groups in total. The fourth-order valence-electron chi connectivity index (χ4n) is 10.4. The first-order chi connectivity index (χ1) is 31.3. The van der Waals surface area contributed by atoms with E-state index in [1.165, 1.54) is 77.4 Å². The summed E-state index contributed by atoms with van der Waals surface area (Å²) in [6.07, 6.45) is 0. The minimum Gasteiger partial charge on any atom is -0.310 e. The number of rotatable bonds is 8. The molecular formula is C61H42N2. The van der Waals surface area contributed by atoms with Crippen molar-refractivity contribution in [3.8, 4) is 39.1 Å². The number of hydrogen-bond acceptors (Lipinski definition) is 1. The summed E-state index contributed by atoms with van der Waals surface area (Å²) in [4.78, 5) is 2.50. The highest BCUT2D eigenvalue weighted by Crippen LogP contribution is 2.61. The Morgan fingerprint density at radius 2 is 0.873 bits per heavy atom. The van der Waals surface area contributed by atoms with Crippen LogP contribution in [0.25, 0.3) is 60.9 Å². The van der Waals surface area contributed by atoms with Gasteiger partial charge in [0, 0.05) is 33.4 Å². The van der Waals surface area contributed by atoms with Crippen molar-refractivity contribution < 1.29 is 0 Å². The molecule has 10 aromatic carbocycles. The van der Waals surface area contributed by atoms with Crippen LogP contribution in [0.2, 0.25) is 0 Å². The normalized spacial score (nSPS) is 12.6. The van der Waals surface area contributed by atoms with Gasteiger partial charge in [0.25, 0.3) is 0 Å². The van der Waals surface area contributed by atoms with E-state index < -0.39 is 5.41 Å². The van der Waals surface area contributed by atoms with Crippen LogP contribution in [0.1, 0.15) is 22.3 Å². The maximum atomic E-state index is 2.50. The van der Waals surface area contributed by atoms with Crippen LogP contribution >= 0.6 is 0 Å². The van der Waals surface area contributed by atoms with E-state index in [1.807, 2.05) is 0 Å². The van der Waals surface area contributed by atoms with Crippen LogP contribution in [0.15, 0.2) is 255 Å². The number of anilines is 3. The van der Waals surface area contributed by atoms with Crippen LogP contribution in [0.4, 0.5) is 17.1 Å². The van der Waals surface area contributed by atoms with E-state index in [0.717, 1.165) is 22.7 Å². The maximum Gasteiger partial charge on any atom is 0.0720 e. The second-order valence-corrected chi connectivity index (χ2v) is 16.4. The van der Waals surface area contributed by atoms with Crippen molar-refractivity contribution in [3.63, 3.8) is 0 Å². The summed E-state index contributed by atoms with van der Waals surface area (Å²) < 4.78 is 2.39. The maximum absolute atomic E-state index is 2.50. The monoisotopic (exact) mass is 802 g/mol. The SMILES string of the molecule is c1ccc(-c2ccc(N(c3ccc4c(c3)c3ccccc3n4-c3ccccc3)c3ccc4c(c3-c3ccccc3)C(c3ccccc3)(c3ccccc3)c3ccccc3-4)cc2)cc1. The molecule has 2 nitrogen and oxygen atoms in total. The third-order valence-corrected chi connectivity index (χ3v) is 13.1. The van der Waals surface area contributed by atoms with Crippen molar-refractivity contribution >= 4 is 38.9 Å². The van der Waals surface area contributed by atoms with Crippen LogP contribution in [0.3, 0.4) is 0 Å². The van der Waals surface area contributed by atoms with Crippen molar-refractivity contribution in [2.24, 2.45) is 0 Å². The molecule has 0 atom stereocenters.